The number of fused-ring (bicyclic) bond motifs is 14. The van der Waals surface area contributed by atoms with Crippen LogP contribution in [0.4, 0.5) is 5.69 Å². The molecule has 3 aromatic rings. The molecule has 3 aromatic carbocycles. The maximum atomic E-state index is 14.6. The summed E-state index contributed by atoms with van der Waals surface area (Å²) >= 11 is 0. The number of anilines is 1. The molecule has 4 aliphatic heterocycles. The number of nitrogens with one attached hydrogen (secondary N) is 1. The van der Waals surface area contributed by atoms with E-state index in [1.54, 1.807) is 39.8 Å². The quantitative estimate of drug-likeness (QED) is 0.0658. The molecule has 0 radical (unpaired) electrons. The summed E-state index contributed by atoms with van der Waals surface area (Å²) in [6, 6.07) is 9.93. The number of phenols is 3. The first-order valence-corrected chi connectivity index (χ1v) is 22.8. The number of nitrogens with zero attached hydrogens (tertiary/aromatic N) is 3. The Morgan fingerprint density at radius 2 is 1.57 bits per heavy atom. The van der Waals surface area contributed by atoms with Gasteiger partial charge in [0.15, 0.2) is 5.75 Å². The summed E-state index contributed by atoms with van der Waals surface area (Å²) in [7, 11) is 1.44. The lowest BCUT2D eigenvalue weighted by molar-refractivity contribution is -0.160. The molecule has 4 aliphatic rings. The van der Waals surface area contributed by atoms with Crippen molar-refractivity contribution in [3.05, 3.63) is 88.7 Å². The van der Waals surface area contributed by atoms with Crippen LogP contribution in [0.25, 0.3) is 10.8 Å². The standard InChI is InChI=1S/C51H66N4O12/c1-26-16-15-17-27(2)50(63)53-41-36(22-52-55-28(3)23-54(24-29(55)4)25-35-18-13-12-14-19-35)45(60)38-39(46(41)61)44(59)33(8)48-40(38)49(62)51(10,67-48)65-21-20-37(64-11)30(5)47(66-34(9)56)32(7)43(58)31(6)42(26)57/h12-22,26,28-32,37,42-43,47,57-61H,23-25H2,1-11H3,(H,53,63)/b16-15+,21-20+,27-17?,52-22+. The Labute approximate surface area is 392 Å². The number of Topliss-reactive ketones (excluding diaryl/α,β-unsaturated/α-hetero) is 1. The second kappa shape index (κ2) is 20.5. The minimum absolute atomic E-state index is 0.0500. The highest BCUT2D eigenvalue weighted by Gasteiger charge is 2.50. The number of aliphatic hydroxyl groups is 2. The molecule has 362 valence electrons. The predicted octanol–water partition coefficient (Wildman–Crippen LogP) is 6.68. The van der Waals surface area contributed by atoms with E-state index in [1.807, 2.05) is 37.1 Å². The average Bonchev–Trinajstić information content (AvgIpc) is 3.55. The Kier molecular flexibility index (Phi) is 15.5. The van der Waals surface area contributed by atoms with Crippen molar-refractivity contribution in [2.45, 2.75) is 118 Å². The molecular formula is C51H66N4O12. The van der Waals surface area contributed by atoms with Gasteiger partial charge in [0.2, 0.25) is 0 Å². The van der Waals surface area contributed by atoms with E-state index in [2.05, 4.69) is 22.3 Å². The van der Waals surface area contributed by atoms with Crippen molar-refractivity contribution in [1.82, 2.24) is 9.91 Å². The van der Waals surface area contributed by atoms with E-state index in [0.717, 1.165) is 6.54 Å². The molecule has 1 saturated heterocycles. The number of ether oxygens (including phenoxy) is 4. The van der Waals surface area contributed by atoms with Crippen LogP contribution in [-0.2, 0) is 30.3 Å². The van der Waals surface area contributed by atoms with Gasteiger partial charge in [0.1, 0.15) is 23.4 Å². The lowest BCUT2D eigenvalue weighted by atomic mass is 9.78. The lowest BCUT2D eigenvalue weighted by Gasteiger charge is -2.42. The number of allylic oxidation sites excluding steroid dienone is 2. The Balaban J connectivity index is 1.49. The fourth-order valence-electron chi connectivity index (χ4n) is 9.62. The number of aliphatic hydroxyl groups excluding tert-OH is 2. The summed E-state index contributed by atoms with van der Waals surface area (Å²) in [5.74, 6) is -8.46. The molecule has 6 N–H and O–H groups in total. The second-order valence-corrected chi connectivity index (χ2v) is 18.6. The Morgan fingerprint density at radius 3 is 2.19 bits per heavy atom. The molecule has 67 heavy (non-hydrogen) atoms. The van der Waals surface area contributed by atoms with Crippen molar-refractivity contribution in [2.24, 2.45) is 28.8 Å². The minimum Gasteiger partial charge on any atom is -0.507 e. The van der Waals surface area contributed by atoms with Gasteiger partial charge in [-0.25, -0.2) is 0 Å². The molecule has 0 aliphatic carbocycles. The van der Waals surface area contributed by atoms with Gasteiger partial charge in [0, 0.05) is 80.8 Å². The zero-order valence-corrected chi connectivity index (χ0v) is 40.2. The van der Waals surface area contributed by atoms with E-state index in [9.17, 15) is 39.9 Å². The molecule has 1 amide bonds. The zero-order valence-electron chi connectivity index (χ0n) is 40.2. The molecule has 11 unspecified atom stereocenters. The normalized spacial score (nSPS) is 31.1. The zero-order chi connectivity index (χ0) is 49.2. The number of carbonyl (C=O) groups excluding carboxylic acids is 3. The maximum absolute atomic E-state index is 14.6. The highest BCUT2D eigenvalue weighted by molar-refractivity contribution is 6.23. The van der Waals surface area contributed by atoms with Crippen LogP contribution in [-0.4, -0.2) is 122 Å². The molecule has 0 saturated carbocycles. The molecule has 7 rings (SSSR count). The van der Waals surface area contributed by atoms with Gasteiger partial charge >= 0.3 is 11.8 Å². The summed E-state index contributed by atoms with van der Waals surface area (Å²) in [6.07, 6.45) is 4.88. The first-order chi connectivity index (χ1) is 31.6. The number of hydrazone groups is 1. The van der Waals surface area contributed by atoms with Crippen LogP contribution in [0.1, 0.15) is 89.4 Å². The average molecular weight is 927 g/mol. The SMILES string of the molecule is COC1/C=C/OC2(C)Oc3c(C)c(O)c4c(O)c(c(/C=N/N5C(C)CN(Cc6ccccc6)CC5C)c(O)c4c3C2=O)NC(=O)C(C)=C/C=C/C(C)C(O)C(C)C(O)C(C)C(OC(C)=O)C1C. The van der Waals surface area contributed by atoms with Crippen molar-refractivity contribution in [3.63, 3.8) is 0 Å². The number of phenolic OH excluding ortho intramolecular Hbond substituents is 3. The number of ketones is 1. The van der Waals surface area contributed by atoms with Crippen molar-refractivity contribution < 1.29 is 58.9 Å². The Hall–Kier alpha value is -5.94. The van der Waals surface area contributed by atoms with Gasteiger partial charge in [0.05, 0.1) is 65.1 Å². The Morgan fingerprint density at radius 1 is 0.910 bits per heavy atom. The number of hydrogen-bond acceptors (Lipinski definition) is 15. The van der Waals surface area contributed by atoms with Crippen LogP contribution in [0.3, 0.4) is 0 Å². The van der Waals surface area contributed by atoms with E-state index < -0.39 is 88.8 Å². The lowest BCUT2D eigenvalue weighted by Crippen LogP contribution is -2.54. The van der Waals surface area contributed by atoms with Gasteiger partial charge < -0.3 is 49.8 Å². The smallest absolute Gasteiger partial charge is 0.312 e. The van der Waals surface area contributed by atoms with E-state index >= 15 is 0 Å². The molecule has 16 heteroatoms. The number of carbonyl (C=O) groups is 3. The first-order valence-electron chi connectivity index (χ1n) is 22.8. The number of esters is 1. The van der Waals surface area contributed by atoms with Crippen molar-refractivity contribution in [2.75, 3.05) is 25.5 Å². The van der Waals surface area contributed by atoms with E-state index in [0.29, 0.717) is 13.1 Å². The van der Waals surface area contributed by atoms with Crippen LogP contribution in [0.5, 0.6) is 23.0 Å². The van der Waals surface area contributed by atoms with Gasteiger partial charge in [-0.05, 0) is 39.3 Å². The number of rotatable bonds is 6. The molecule has 11 atom stereocenters. The number of hydrogen-bond donors (Lipinski definition) is 6. The molecule has 0 aromatic heterocycles. The van der Waals surface area contributed by atoms with Crippen LogP contribution < -0.4 is 10.1 Å². The van der Waals surface area contributed by atoms with Gasteiger partial charge in [-0.15, -0.1) is 0 Å². The highest BCUT2D eigenvalue weighted by Crippen LogP contribution is 2.55. The third-order valence-corrected chi connectivity index (χ3v) is 13.6. The molecule has 16 nitrogen and oxygen atoms in total. The number of piperazine rings is 1. The Bertz CT molecular complexity index is 2460. The predicted molar refractivity (Wildman–Crippen MR) is 254 cm³/mol. The van der Waals surface area contributed by atoms with Crippen LogP contribution in [0.2, 0.25) is 0 Å². The van der Waals surface area contributed by atoms with Crippen molar-refractivity contribution in [3.8, 4) is 23.0 Å². The summed E-state index contributed by atoms with van der Waals surface area (Å²) in [5.41, 5.74) is 0.785. The van der Waals surface area contributed by atoms with Crippen LogP contribution >= 0.6 is 0 Å². The fourth-order valence-corrected chi connectivity index (χ4v) is 9.62. The van der Waals surface area contributed by atoms with Gasteiger partial charge in [0.25, 0.3) is 11.7 Å². The third kappa shape index (κ3) is 10.2. The fraction of sp³-hybridized carbons (Fsp3) is 0.490. The molecular weight excluding hydrogens is 861 g/mol. The largest absolute Gasteiger partial charge is 0.507 e. The van der Waals surface area contributed by atoms with E-state index in [-0.39, 0.29) is 56.6 Å². The van der Waals surface area contributed by atoms with Crippen molar-refractivity contribution in [1.29, 1.82) is 0 Å². The number of aromatic hydroxyl groups is 3. The number of amides is 1. The third-order valence-electron chi connectivity index (χ3n) is 13.6. The van der Waals surface area contributed by atoms with E-state index in [1.165, 1.54) is 65.0 Å². The maximum Gasteiger partial charge on any atom is 0.312 e. The van der Waals surface area contributed by atoms with Crippen LogP contribution in [0.15, 0.2) is 71.6 Å². The summed E-state index contributed by atoms with van der Waals surface area (Å²) in [4.78, 5) is 43.4. The number of benzene rings is 3. The highest BCUT2D eigenvalue weighted by atomic mass is 16.7. The monoisotopic (exact) mass is 926 g/mol. The summed E-state index contributed by atoms with van der Waals surface area (Å²) in [5, 5.41) is 68.1. The van der Waals surface area contributed by atoms with Crippen LogP contribution in [0, 0.1) is 30.6 Å². The molecule has 0 spiro atoms. The molecule has 4 heterocycles. The van der Waals surface area contributed by atoms with Gasteiger partial charge in [-0.1, -0.05) is 76.3 Å². The first kappa shape index (κ1) is 50.5. The van der Waals surface area contributed by atoms with Crippen molar-refractivity contribution >= 4 is 40.3 Å². The molecule has 5 bridgehead atoms. The number of methoxy groups -OCH3 is 1. The topological polar surface area (TPSA) is 220 Å². The molecule has 1 fully saturated rings. The van der Waals surface area contributed by atoms with Gasteiger partial charge in [-0.2, -0.15) is 5.10 Å². The summed E-state index contributed by atoms with van der Waals surface area (Å²) < 4.78 is 23.8. The minimum atomic E-state index is -2.07. The summed E-state index contributed by atoms with van der Waals surface area (Å²) in [6.45, 7) is 18.7. The second-order valence-electron chi connectivity index (χ2n) is 18.6. The van der Waals surface area contributed by atoms with E-state index in [4.69, 9.17) is 24.0 Å². The van der Waals surface area contributed by atoms with Gasteiger partial charge in [-0.3, -0.25) is 24.3 Å².